The highest BCUT2D eigenvalue weighted by Crippen LogP contribution is 2.38. The van der Waals surface area contributed by atoms with Crippen molar-refractivity contribution in [3.05, 3.63) is 41.1 Å². The number of carbonyl (C=O) groups is 5. The van der Waals surface area contributed by atoms with Gasteiger partial charge in [0.15, 0.2) is 0 Å². The molecule has 1 aromatic carbocycles. The van der Waals surface area contributed by atoms with Gasteiger partial charge in [-0.15, -0.1) is 0 Å². The van der Waals surface area contributed by atoms with Gasteiger partial charge in [0.05, 0.1) is 42.9 Å². The minimum Gasteiger partial charge on any atom is -0.497 e. The largest absolute Gasteiger partial charge is 0.497 e. The number of nitrogens with zero attached hydrogens (tertiary/aromatic N) is 1. The summed E-state index contributed by atoms with van der Waals surface area (Å²) in [5.74, 6) is -2.34. The van der Waals surface area contributed by atoms with Crippen LogP contribution in [-0.4, -0.2) is 61.6 Å². The molecular weight excluding hydrogens is 470 g/mol. The van der Waals surface area contributed by atoms with Crippen molar-refractivity contribution >= 4 is 29.8 Å². The Balaban J connectivity index is 1.51. The van der Waals surface area contributed by atoms with Gasteiger partial charge in [-0.25, -0.2) is 9.59 Å². The fourth-order valence-electron chi connectivity index (χ4n) is 4.94. The molecule has 0 radical (unpaired) electrons. The monoisotopic (exact) mass is 499 g/mol. The molecule has 1 aliphatic carbocycles. The predicted molar refractivity (Wildman–Crippen MR) is 124 cm³/mol. The maximum Gasteiger partial charge on any atom is 0.338 e. The number of hydrogen-bond donors (Lipinski definition) is 2. The second-order valence-electron chi connectivity index (χ2n) is 8.84. The average Bonchev–Trinajstić information content (AvgIpc) is 3.12. The molecule has 36 heavy (non-hydrogen) atoms. The Labute approximate surface area is 208 Å². The predicted octanol–water partition coefficient (Wildman–Crippen LogP) is 1.58. The average molecular weight is 500 g/mol. The lowest BCUT2D eigenvalue weighted by atomic mass is 9.81. The van der Waals surface area contributed by atoms with Crippen LogP contribution in [0.4, 0.5) is 4.79 Å². The Morgan fingerprint density at radius 3 is 2.22 bits per heavy atom. The van der Waals surface area contributed by atoms with E-state index in [-0.39, 0.29) is 41.5 Å². The standard InChI is InChI=1S/C25H29N3O8/c1-3-35-24(32)20-18(26-25(33)27-21(20)14-8-10-15(34-2)11-9-14)13-36-19(29)12-28-22(30)16-6-4-5-7-17(16)23(28)31/h8-11,16-17,21H,3-7,12-13H2,1-2H3,(H2,26,27,33). The molecule has 2 heterocycles. The summed E-state index contributed by atoms with van der Waals surface area (Å²) >= 11 is 0. The van der Waals surface area contributed by atoms with Crippen LogP contribution in [0, 0.1) is 11.8 Å². The molecule has 2 aliphatic heterocycles. The SMILES string of the molecule is CCOC(=O)C1=C(COC(=O)CN2C(=O)C3CCCCC3C2=O)NC(=O)NC1c1ccc(OC)cc1. The van der Waals surface area contributed by atoms with E-state index in [1.807, 2.05) is 0 Å². The summed E-state index contributed by atoms with van der Waals surface area (Å²) in [5, 5.41) is 5.20. The summed E-state index contributed by atoms with van der Waals surface area (Å²) in [6.07, 6.45) is 3.05. The maximum atomic E-state index is 12.8. The third-order valence-corrected chi connectivity index (χ3v) is 6.70. The van der Waals surface area contributed by atoms with Gasteiger partial charge < -0.3 is 24.8 Å². The Morgan fingerprint density at radius 1 is 1.00 bits per heavy atom. The van der Waals surface area contributed by atoms with Crippen LogP contribution < -0.4 is 15.4 Å². The number of amides is 4. The first-order valence-corrected chi connectivity index (χ1v) is 12.0. The van der Waals surface area contributed by atoms with E-state index in [4.69, 9.17) is 14.2 Å². The number of esters is 2. The molecule has 11 heteroatoms. The number of hydrogen-bond acceptors (Lipinski definition) is 8. The fourth-order valence-corrected chi connectivity index (χ4v) is 4.94. The van der Waals surface area contributed by atoms with Crippen molar-refractivity contribution in [2.75, 3.05) is 26.9 Å². The Hall–Kier alpha value is -3.89. The normalized spacial score (nSPS) is 23.6. The van der Waals surface area contributed by atoms with Gasteiger partial charge in [0, 0.05) is 0 Å². The minimum absolute atomic E-state index is 0.0547. The second kappa shape index (κ2) is 10.8. The first-order chi connectivity index (χ1) is 17.3. The van der Waals surface area contributed by atoms with E-state index < -0.39 is 37.2 Å². The molecule has 0 spiro atoms. The Bertz CT molecular complexity index is 1070. The van der Waals surface area contributed by atoms with Crippen LogP contribution in [0.5, 0.6) is 5.75 Å². The van der Waals surface area contributed by atoms with E-state index in [9.17, 15) is 24.0 Å². The molecule has 1 saturated carbocycles. The summed E-state index contributed by atoms with van der Waals surface area (Å²) in [4.78, 5) is 64.1. The number of carbonyl (C=O) groups excluding carboxylic acids is 5. The zero-order chi connectivity index (χ0) is 25.8. The molecule has 1 aromatic rings. The molecule has 3 unspecified atom stereocenters. The first kappa shape index (κ1) is 25.2. The topological polar surface area (TPSA) is 140 Å². The third-order valence-electron chi connectivity index (χ3n) is 6.70. The summed E-state index contributed by atoms with van der Waals surface area (Å²) in [7, 11) is 1.52. The van der Waals surface area contributed by atoms with E-state index in [0.717, 1.165) is 17.7 Å². The molecule has 2 N–H and O–H groups in total. The van der Waals surface area contributed by atoms with Crippen LogP contribution in [-0.2, 0) is 28.7 Å². The van der Waals surface area contributed by atoms with Gasteiger partial charge in [-0.05, 0) is 37.5 Å². The number of nitrogens with one attached hydrogen (secondary N) is 2. The summed E-state index contributed by atoms with van der Waals surface area (Å²) < 4.78 is 15.7. The Kier molecular flexibility index (Phi) is 7.56. The Morgan fingerprint density at radius 2 is 1.64 bits per heavy atom. The van der Waals surface area contributed by atoms with Gasteiger partial charge >= 0.3 is 18.0 Å². The summed E-state index contributed by atoms with van der Waals surface area (Å²) in [5.41, 5.74) is 0.723. The molecule has 0 aromatic heterocycles. The lowest BCUT2D eigenvalue weighted by Crippen LogP contribution is -2.47. The van der Waals surface area contributed by atoms with Crippen molar-refractivity contribution in [3.8, 4) is 5.75 Å². The van der Waals surface area contributed by atoms with Gasteiger partial charge in [-0.1, -0.05) is 25.0 Å². The number of benzene rings is 1. The van der Waals surface area contributed by atoms with Crippen LogP contribution in [0.1, 0.15) is 44.2 Å². The molecule has 1 saturated heterocycles. The van der Waals surface area contributed by atoms with Gasteiger partial charge in [-0.2, -0.15) is 0 Å². The molecule has 4 amide bonds. The number of urea groups is 1. The van der Waals surface area contributed by atoms with Crippen molar-refractivity contribution in [2.45, 2.75) is 38.6 Å². The molecule has 4 rings (SSSR count). The number of fused-ring (bicyclic) bond motifs is 1. The van der Waals surface area contributed by atoms with Crippen LogP contribution >= 0.6 is 0 Å². The van der Waals surface area contributed by atoms with E-state index in [0.29, 0.717) is 24.2 Å². The van der Waals surface area contributed by atoms with Gasteiger partial charge in [-0.3, -0.25) is 19.3 Å². The molecule has 2 fully saturated rings. The second-order valence-corrected chi connectivity index (χ2v) is 8.84. The molecule has 3 aliphatic rings. The van der Waals surface area contributed by atoms with Crippen molar-refractivity contribution in [1.82, 2.24) is 15.5 Å². The number of rotatable bonds is 8. The number of ether oxygens (including phenoxy) is 3. The van der Waals surface area contributed by atoms with Crippen molar-refractivity contribution in [1.29, 1.82) is 0 Å². The van der Waals surface area contributed by atoms with Gasteiger partial charge in [0.2, 0.25) is 11.8 Å². The van der Waals surface area contributed by atoms with Crippen molar-refractivity contribution in [3.63, 3.8) is 0 Å². The zero-order valence-electron chi connectivity index (χ0n) is 20.2. The van der Waals surface area contributed by atoms with Crippen LogP contribution in [0.15, 0.2) is 35.5 Å². The van der Waals surface area contributed by atoms with Crippen LogP contribution in [0.25, 0.3) is 0 Å². The van der Waals surface area contributed by atoms with Crippen LogP contribution in [0.3, 0.4) is 0 Å². The third kappa shape index (κ3) is 5.05. The first-order valence-electron chi connectivity index (χ1n) is 12.0. The highest BCUT2D eigenvalue weighted by molar-refractivity contribution is 6.07. The highest BCUT2D eigenvalue weighted by atomic mass is 16.5. The van der Waals surface area contributed by atoms with Crippen molar-refractivity contribution in [2.24, 2.45) is 11.8 Å². The van der Waals surface area contributed by atoms with Gasteiger partial charge in [0.25, 0.3) is 0 Å². The quantitative estimate of drug-likeness (QED) is 0.406. The van der Waals surface area contributed by atoms with Crippen LogP contribution in [0.2, 0.25) is 0 Å². The molecule has 0 bridgehead atoms. The number of methoxy groups -OCH3 is 1. The number of imide groups is 1. The highest BCUT2D eigenvalue weighted by Gasteiger charge is 2.48. The van der Waals surface area contributed by atoms with E-state index >= 15 is 0 Å². The molecule has 11 nitrogen and oxygen atoms in total. The van der Waals surface area contributed by atoms with Crippen molar-refractivity contribution < 1.29 is 38.2 Å². The minimum atomic E-state index is -0.859. The van der Waals surface area contributed by atoms with E-state index in [1.165, 1.54) is 7.11 Å². The summed E-state index contributed by atoms with van der Waals surface area (Å²) in [6.45, 7) is 0.786. The lowest BCUT2D eigenvalue weighted by Gasteiger charge is -2.29. The van der Waals surface area contributed by atoms with E-state index in [1.54, 1.807) is 31.2 Å². The number of likely N-dealkylation sites (tertiary alicyclic amines) is 1. The fraction of sp³-hybridized carbons (Fsp3) is 0.480. The zero-order valence-corrected chi connectivity index (χ0v) is 20.2. The molecular formula is C25H29N3O8. The maximum absolute atomic E-state index is 12.8. The molecule has 3 atom stereocenters. The molecule has 192 valence electrons. The lowest BCUT2D eigenvalue weighted by molar-refractivity contribution is -0.152. The van der Waals surface area contributed by atoms with Gasteiger partial charge in [0.1, 0.15) is 18.9 Å². The van der Waals surface area contributed by atoms with E-state index in [2.05, 4.69) is 10.6 Å². The smallest absolute Gasteiger partial charge is 0.338 e. The summed E-state index contributed by atoms with van der Waals surface area (Å²) in [6, 6.07) is 5.32.